The second-order valence-electron chi connectivity index (χ2n) is 7.50. The molecule has 2 amide bonds. The summed E-state index contributed by atoms with van der Waals surface area (Å²) in [6.45, 7) is 0. The first-order valence-corrected chi connectivity index (χ1v) is 11.9. The van der Waals surface area contributed by atoms with Gasteiger partial charge in [-0.15, -0.1) is 11.8 Å². The first kappa shape index (κ1) is 24.0. The number of nitrogens with one attached hydrogen (secondary N) is 2. The molecule has 0 fully saturated rings. The second kappa shape index (κ2) is 11.3. The summed E-state index contributed by atoms with van der Waals surface area (Å²) in [7, 11) is 3.13. The third-order valence-electron chi connectivity index (χ3n) is 5.18. The monoisotopic (exact) mass is 488 g/mol. The zero-order valence-electron chi connectivity index (χ0n) is 19.3. The van der Waals surface area contributed by atoms with E-state index in [2.05, 4.69) is 15.8 Å². The molecule has 2 aromatic heterocycles. The number of thioether (sulfide) groups is 1. The molecule has 0 saturated carbocycles. The molecule has 2 aromatic carbocycles. The van der Waals surface area contributed by atoms with Gasteiger partial charge in [-0.05, 0) is 42.0 Å². The van der Waals surface area contributed by atoms with Crippen molar-refractivity contribution in [1.82, 2.24) is 20.8 Å². The van der Waals surface area contributed by atoms with Crippen molar-refractivity contribution in [2.45, 2.75) is 5.75 Å². The summed E-state index contributed by atoms with van der Waals surface area (Å²) in [5.74, 6) is 1.27. The molecule has 4 aromatic rings. The summed E-state index contributed by atoms with van der Waals surface area (Å²) in [6, 6.07) is 18.3. The topological polar surface area (TPSA) is 102 Å². The molecule has 35 heavy (non-hydrogen) atoms. The van der Waals surface area contributed by atoms with Crippen LogP contribution in [0, 0.1) is 0 Å². The highest BCUT2D eigenvalue weighted by atomic mass is 32.2. The van der Waals surface area contributed by atoms with Crippen molar-refractivity contribution >= 4 is 34.5 Å². The highest BCUT2D eigenvalue weighted by Gasteiger charge is 2.16. The van der Waals surface area contributed by atoms with Gasteiger partial charge in [0, 0.05) is 29.1 Å². The zero-order chi connectivity index (χ0) is 24.6. The molecule has 4 rings (SSSR count). The van der Waals surface area contributed by atoms with E-state index in [4.69, 9.17) is 14.5 Å². The van der Waals surface area contributed by atoms with Gasteiger partial charge in [0.15, 0.2) is 11.5 Å². The van der Waals surface area contributed by atoms with Gasteiger partial charge in [0.25, 0.3) is 5.91 Å². The number of hydrogen-bond acceptors (Lipinski definition) is 7. The van der Waals surface area contributed by atoms with E-state index in [-0.39, 0.29) is 11.7 Å². The van der Waals surface area contributed by atoms with Crippen LogP contribution in [-0.4, -0.2) is 41.8 Å². The normalized spacial score (nSPS) is 10.6. The fourth-order valence-electron chi connectivity index (χ4n) is 3.48. The van der Waals surface area contributed by atoms with E-state index < -0.39 is 5.91 Å². The predicted octanol–water partition coefficient (Wildman–Crippen LogP) is 4.01. The molecule has 2 N–H and O–H groups in total. The first-order valence-electron chi connectivity index (χ1n) is 10.8. The number of carbonyl (C=O) groups is 2. The van der Waals surface area contributed by atoms with E-state index in [0.29, 0.717) is 39.4 Å². The maximum absolute atomic E-state index is 13.1. The largest absolute Gasteiger partial charge is 0.493 e. The van der Waals surface area contributed by atoms with Crippen LogP contribution in [-0.2, 0) is 10.5 Å². The van der Waals surface area contributed by atoms with E-state index in [9.17, 15) is 9.59 Å². The minimum Gasteiger partial charge on any atom is -0.493 e. The molecule has 178 valence electrons. The SMILES string of the molecule is COc1ccc(-c2cc(C(=O)NNC(=O)CSCc3cccnc3)c3ccccc3n2)cc1OC. The van der Waals surface area contributed by atoms with E-state index in [0.717, 1.165) is 11.1 Å². The molecule has 0 spiro atoms. The summed E-state index contributed by atoms with van der Waals surface area (Å²) in [5, 5.41) is 0.675. The molecular weight excluding hydrogens is 464 g/mol. The quantitative estimate of drug-likeness (QED) is 0.361. The fourth-order valence-corrected chi connectivity index (χ4v) is 4.25. The van der Waals surface area contributed by atoms with E-state index in [1.807, 2.05) is 42.5 Å². The lowest BCUT2D eigenvalue weighted by atomic mass is 10.0. The maximum atomic E-state index is 13.1. The van der Waals surface area contributed by atoms with Crippen molar-refractivity contribution in [3.63, 3.8) is 0 Å². The molecule has 2 heterocycles. The number of rotatable bonds is 8. The molecule has 0 radical (unpaired) electrons. The Hall–Kier alpha value is -4.11. The Morgan fingerprint density at radius 2 is 1.77 bits per heavy atom. The lowest BCUT2D eigenvalue weighted by molar-refractivity contribution is -0.119. The average Bonchev–Trinajstić information content (AvgIpc) is 2.91. The molecule has 0 atom stereocenters. The lowest BCUT2D eigenvalue weighted by Gasteiger charge is -2.13. The number of aromatic nitrogens is 2. The van der Waals surface area contributed by atoms with E-state index in [1.54, 1.807) is 44.8 Å². The molecule has 0 saturated heterocycles. The predicted molar refractivity (Wildman–Crippen MR) is 136 cm³/mol. The minimum absolute atomic E-state index is 0.198. The van der Waals surface area contributed by atoms with Crippen LogP contribution in [0.3, 0.4) is 0 Å². The molecule has 9 heteroatoms. The highest BCUT2D eigenvalue weighted by Crippen LogP contribution is 2.33. The number of para-hydroxylation sites is 1. The number of pyridine rings is 2. The number of ether oxygens (including phenoxy) is 2. The number of hydrazine groups is 1. The van der Waals surface area contributed by atoms with Crippen LogP contribution in [0.2, 0.25) is 0 Å². The Kier molecular flexibility index (Phi) is 7.79. The van der Waals surface area contributed by atoms with Crippen molar-refractivity contribution in [3.8, 4) is 22.8 Å². The number of fused-ring (bicyclic) bond motifs is 1. The number of hydrogen-bond donors (Lipinski definition) is 2. The Morgan fingerprint density at radius 1 is 0.943 bits per heavy atom. The van der Waals surface area contributed by atoms with Gasteiger partial charge < -0.3 is 9.47 Å². The van der Waals surface area contributed by atoms with Gasteiger partial charge in [0.1, 0.15) is 0 Å². The highest BCUT2D eigenvalue weighted by molar-refractivity contribution is 7.99. The van der Waals surface area contributed by atoms with Crippen LogP contribution in [0.15, 0.2) is 73.1 Å². The van der Waals surface area contributed by atoms with Gasteiger partial charge in [0.05, 0.1) is 36.7 Å². The smallest absolute Gasteiger partial charge is 0.270 e. The minimum atomic E-state index is -0.434. The van der Waals surface area contributed by atoms with Crippen molar-refractivity contribution in [2.75, 3.05) is 20.0 Å². The Balaban J connectivity index is 1.50. The van der Waals surface area contributed by atoms with Gasteiger partial charge >= 0.3 is 0 Å². The number of nitrogens with zero attached hydrogens (tertiary/aromatic N) is 2. The third-order valence-corrected chi connectivity index (χ3v) is 6.18. The standard InChI is InChI=1S/C26H24N4O4S/c1-33-23-10-9-18(12-24(23)34-2)22-13-20(19-7-3-4-8-21(19)28-22)26(32)30-29-25(31)16-35-15-17-6-5-11-27-14-17/h3-14H,15-16H2,1-2H3,(H,29,31)(H,30,32). The molecule has 0 aliphatic rings. The Morgan fingerprint density at radius 3 is 2.54 bits per heavy atom. The Bertz CT molecular complexity index is 1350. The van der Waals surface area contributed by atoms with Gasteiger partial charge in [-0.25, -0.2) is 4.98 Å². The molecule has 0 aliphatic heterocycles. The second-order valence-corrected chi connectivity index (χ2v) is 8.48. The first-order chi connectivity index (χ1) is 17.1. The number of amides is 2. The van der Waals surface area contributed by atoms with E-state index in [1.165, 1.54) is 11.8 Å². The lowest BCUT2D eigenvalue weighted by Crippen LogP contribution is -2.42. The summed E-state index contributed by atoms with van der Waals surface area (Å²) in [6.07, 6.45) is 3.47. The summed E-state index contributed by atoms with van der Waals surface area (Å²) in [5.41, 5.74) is 8.44. The van der Waals surface area contributed by atoms with E-state index >= 15 is 0 Å². The molecule has 0 bridgehead atoms. The zero-order valence-corrected chi connectivity index (χ0v) is 20.1. The fraction of sp³-hybridized carbons (Fsp3) is 0.154. The van der Waals surface area contributed by atoms with Crippen molar-refractivity contribution < 1.29 is 19.1 Å². The van der Waals surface area contributed by atoms with Crippen molar-refractivity contribution in [1.29, 1.82) is 0 Å². The van der Waals surface area contributed by atoms with Crippen LogP contribution in [0.4, 0.5) is 0 Å². The van der Waals surface area contributed by atoms with Crippen molar-refractivity contribution in [3.05, 3.63) is 84.2 Å². The summed E-state index contributed by atoms with van der Waals surface area (Å²) in [4.78, 5) is 34.1. The molecule has 0 unspecified atom stereocenters. The van der Waals surface area contributed by atoms with Gasteiger partial charge in [-0.2, -0.15) is 0 Å². The summed E-state index contributed by atoms with van der Waals surface area (Å²) < 4.78 is 10.7. The number of carbonyl (C=O) groups excluding carboxylic acids is 2. The summed E-state index contributed by atoms with van der Waals surface area (Å²) >= 11 is 1.44. The van der Waals surface area contributed by atoms with Crippen LogP contribution in [0.1, 0.15) is 15.9 Å². The van der Waals surface area contributed by atoms with Crippen LogP contribution in [0.5, 0.6) is 11.5 Å². The van der Waals surface area contributed by atoms with Crippen LogP contribution < -0.4 is 20.3 Å². The van der Waals surface area contributed by atoms with Gasteiger partial charge in [-0.3, -0.25) is 25.4 Å². The van der Waals surface area contributed by atoms with Gasteiger partial charge in [-0.1, -0.05) is 24.3 Å². The van der Waals surface area contributed by atoms with Gasteiger partial charge in [0.2, 0.25) is 5.91 Å². The number of methoxy groups -OCH3 is 2. The molecular formula is C26H24N4O4S. The maximum Gasteiger partial charge on any atom is 0.270 e. The number of benzene rings is 2. The average molecular weight is 489 g/mol. The molecule has 8 nitrogen and oxygen atoms in total. The van der Waals surface area contributed by atoms with Crippen molar-refractivity contribution in [2.24, 2.45) is 0 Å². The molecule has 0 aliphatic carbocycles. The Labute approximate surface area is 207 Å². The van der Waals surface area contributed by atoms with Crippen LogP contribution in [0.25, 0.3) is 22.2 Å². The third kappa shape index (κ3) is 5.88. The van der Waals surface area contributed by atoms with Crippen LogP contribution >= 0.6 is 11.8 Å².